The number of nitrogens with two attached hydrogens (primary N) is 1. The maximum absolute atomic E-state index is 5.47. The molecule has 0 radical (unpaired) electrons. The van der Waals surface area contributed by atoms with E-state index in [1.165, 1.54) is 36.2 Å². The van der Waals surface area contributed by atoms with Gasteiger partial charge in [0.05, 0.1) is 5.69 Å². The maximum Gasteiger partial charge on any atom is 0.0628 e. The Labute approximate surface area is 99.0 Å². The summed E-state index contributed by atoms with van der Waals surface area (Å²) in [6, 6.07) is 0. The van der Waals surface area contributed by atoms with E-state index in [1.807, 2.05) is 0 Å². The fourth-order valence-electron chi connectivity index (χ4n) is 2.22. The van der Waals surface area contributed by atoms with Gasteiger partial charge in [0.2, 0.25) is 0 Å². The van der Waals surface area contributed by atoms with E-state index in [2.05, 4.69) is 30.6 Å². The molecule has 3 nitrogen and oxygen atoms in total. The third-order valence-electron chi connectivity index (χ3n) is 3.21. The Morgan fingerprint density at radius 1 is 1.12 bits per heavy atom. The van der Waals surface area contributed by atoms with Crippen molar-refractivity contribution < 1.29 is 0 Å². The van der Waals surface area contributed by atoms with Crippen LogP contribution in [0.4, 0.5) is 0 Å². The molecule has 0 amide bonds. The number of hydrogen-bond acceptors (Lipinski definition) is 2. The van der Waals surface area contributed by atoms with Crippen molar-refractivity contribution in [3.63, 3.8) is 0 Å². The van der Waals surface area contributed by atoms with Gasteiger partial charge in [-0.15, -0.1) is 0 Å². The smallest absolute Gasteiger partial charge is 0.0628 e. The molecule has 1 aromatic heterocycles. The zero-order valence-electron chi connectivity index (χ0n) is 10.9. The van der Waals surface area contributed by atoms with Gasteiger partial charge in [0.15, 0.2) is 0 Å². The van der Waals surface area contributed by atoms with Crippen LogP contribution in [0.1, 0.15) is 49.6 Å². The molecule has 1 rings (SSSR count). The highest BCUT2D eigenvalue weighted by Crippen LogP contribution is 2.14. The first kappa shape index (κ1) is 13.2. The number of unbranched alkanes of at least 4 members (excludes halogenated alkanes) is 3. The molecule has 0 aliphatic carbocycles. The molecular weight excluding hydrogens is 198 g/mol. The first-order valence-corrected chi connectivity index (χ1v) is 6.43. The summed E-state index contributed by atoms with van der Waals surface area (Å²) in [4.78, 5) is 0. The summed E-state index contributed by atoms with van der Waals surface area (Å²) in [5.74, 6) is 0. The van der Waals surface area contributed by atoms with Crippen molar-refractivity contribution in [1.29, 1.82) is 0 Å². The number of rotatable bonds is 7. The van der Waals surface area contributed by atoms with Crippen LogP contribution in [0.15, 0.2) is 0 Å². The second-order valence-electron chi connectivity index (χ2n) is 4.43. The summed E-state index contributed by atoms with van der Waals surface area (Å²) >= 11 is 0. The molecule has 0 saturated heterocycles. The average molecular weight is 223 g/mol. The van der Waals surface area contributed by atoms with Crippen molar-refractivity contribution in [1.82, 2.24) is 9.78 Å². The van der Waals surface area contributed by atoms with Gasteiger partial charge in [-0.3, -0.25) is 4.68 Å². The number of hydrogen-bond donors (Lipinski definition) is 1. The Morgan fingerprint density at radius 3 is 2.38 bits per heavy atom. The highest BCUT2D eigenvalue weighted by atomic mass is 15.3. The molecule has 0 spiro atoms. The van der Waals surface area contributed by atoms with E-state index in [1.54, 1.807) is 0 Å². The molecule has 92 valence electrons. The molecule has 0 aliphatic rings. The summed E-state index contributed by atoms with van der Waals surface area (Å²) < 4.78 is 2.16. The van der Waals surface area contributed by atoms with Crippen molar-refractivity contribution in [3.05, 3.63) is 17.0 Å². The monoisotopic (exact) mass is 223 g/mol. The number of nitrogens with zero attached hydrogens (tertiary/aromatic N) is 2. The highest BCUT2D eigenvalue weighted by Gasteiger charge is 2.08. The lowest BCUT2D eigenvalue weighted by Gasteiger charge is -2.04. The molecule has 16 heavy (non-hydrogen) atoms. The highest BCUT2D eigenvalue weighted by molar-refractivity contribution is 5.24. The van der Waals surface area contributed by atoms with Gasteiger partial charge in [-0.2, -0.15) is 5.10 Å². The standard InChI is InChI=1S/C13H25N3/c1-4-13-11(2)15-16(12(13)3)10-8-6-5-7-9-14/h4-10,14H2,1-3H3. The van der Waals surface area contributed by atoms with Crippen LogP contribution in [0, 0.1) is 13.8 Å². The molecule has 2 N–H and O–H groups in total. The van der Waals surface area contributed by atoms with Gasteiger partial charge < -0.3 is 5.73 Å². The molecule has 0 aromatic carbocycles. The van der Waals surface area contributed by atoms with Gasteiger partial charge >= 0.3 is 0 Å². The van der Waals surface area contributed by atoms with Crippen LogP contribution in [0.5, 0.6) is 0 Å². The van der Waals surface area contributed by atoms with Crippen molar-refractivity contribution in [2.75, 3.05) is 6.54 Å². The summed E-state index contributed by atoms with van der Waals surface area (Å²) in [6.45, 7) is 8.36. The predicted molar refractivity (Wildman–Crippen MR) is 68.6 cm³/mol. The Kier molecular flexibility index (Phi) is 5.53. The van der Waals surface area contributed by atoms with Crippen LogP contribution < -0.4 is 5.73 Å². The minimum Gasteiger partial charge on any atom is -0.330 e. The lowest BCUT2D eigenvalue weighted by atomic mass is 10.1. The van der Waals surface area contributed by atoms with Gasteiger partial charge in [-0.1, -0.05) is 19.8 Å². The van der Waals surface area contributed by atoms with E-state index < -0.39 is 0 Å². The van der Waals surface area contributed by atoms with Crippen LogP contribution in [0.25, 0.3) is 0 Å². The van der Waals surface area contributed by atoms with E-state index in [4.69, 9.17) is 5.73 Å². The van der Waals surface area contributed by atoms with E-state index in [0.29, 0.717) is 0 Å². The van der Waals surface area contributed by atoms with E-state index in [9.17, 15) is 0 Å². The first-order valence-electron chi connectivity index (χ1n) is 6.43. The fraction of sp³-hybridized carbons (Fsp3) is 0.769. The molecular formula is C13H25N3. The fourth-order valence-corrected chi connectivity index (χ4v) is 2.22. The van der Waals surface area contributed by atoms with Crippen LogP contribution in [-0.2, 0) is 13.0 Å². The molecule has 0 saturated carbocycles. The van der Waals surface area contributed by atoms with Gasteiger partial charge in [0, 0.05) is 12.2 Å². The van der Waals surface area contributed by atoms with Gasteiger partial charge in [0.25, 0.3) is 0 Å². The molecule has 3 heteroatoms. The molecule has 0 aliphatic heterocycles. The molecule has 0 bridgehead atoms. The van der Waals surface area contributed by atoms with Crippen molar-refractivity contribution in [3.8, 4) is 0 Å². The Morgan fingerprint density at radius 2 is 1.81 bits per heavy atom. The molecule has 1 heterocycles. The van der Waals surface area contributed by atoms with E-state index in [-0.39, 0.29) is 0 Å². The van der Waals surface area contributed by atoms with Gasteiger partial charge in [0.1, 0.15) is 0 Å². The zero-order valence-corrected chi connectivity index (χ0v) is 10.9. The van der Waals surface area contributed by atoms with Crippen molar-refractivity contribution >= 4 is 0 Å². The normalized spacial score (nSPS) is 11.0. The zero-order chi connectivity index (χ0) is 12.0. The summed E-state index contributed by atoms with van der Waals surface area (Å²) in [5, 5.41) is 4.59. The van der Waals surface area contributed by atoms with Crippen LogP contribution in [0.2, 0.25) is 0 Å². The number of aryl methyl sites for hydroxylation is 2. The summed E-state index contributed by atoms with van der Waals surface area (Å²) in [6.07, 6.45) is 5.96. The lowest BCUT2D eigenvalue weighted by Crippen LogP contribution is -2.03. The topological polar surface area (TPSA) is 43.8 Å². The third-order valence-corrected chi connectivity index (χ3v) is 3.21. The first-order chi connectivity index (χ1) is 7.70. The van der Waals surface area contributed by atoms with Crippen LogP contribution >= 0.6 is 0 Å². The van der Waals surface area contributed by atoms with E-state index in [0.717, 1.165) is 25.9 Å². The second-order valence-corrected chi connectivity index (χ2v) is 4.43. The van der Waals surface area contributed by atoms with Crippen molar-refractivity contribution in [2.45, 2.75) is 59.4 Å². The van der Waals surface area contributed by atoms with Crippen LogP contribution in [0.3, 0.4) is 0 Å². The predicted octanol–water partition coefficient (Wildman–Crippen LogP) is 2.58. The largest absolute Gasteiger partial charge is 0.330 e. The van der Waals surface area contributed by atoms with E-state index >= 15 is 0 Å². The summed E-state index contributed by atoms with van der Waals surface area (Å²) in [7, 11) is 0. The SMILES string of the molecule is CCc1c(C)nn(CCCCCCN)c1C. The molecule has 0 fully saturated rings. The van der Waals surface area contributed by atoms with Gasteiger partial charge in [-0.05, 0) is 45.2 Å². The second kappa shape index (κ2) is 6.69. The minimum absolute atomic E-state index is 0.819. The third kappa shape index (κ3) is 3.34. The van der Waals surface area contributed by atoms with Crippen molar-refractivity contribution in [2.24, 2.45) is 5.73 Å². The summed E-state index contributed by atoms with van der Waals surface area (Å²) in [5.41, 5.74) is 9.43. The quantitative estimate of drug-likeness (QED) is 0.722. The average Bonchev–Trinajstić information content (AvgIpc) is 2.53. The Bertz CT molecular complexity index is 315. The molecule has 1 aromatic rings. The minimum atomic E-state index is 0.819. The number of aromatic nitrogens is 2. The van der Waals surface area contributed by atoms with Crippen LogP contribution in [-0.4, -0.2) is 16.3 Å². The Balaban J connectivity index is 2.42. The molecule has 0 atom stereocenters. The maximum atomic E-state index is 5.47. The Hall–Kier alpha value is -0.830. The molecule has 0 unspecified atom stereocenters. The lowest BCUT2D eigenvalue weighted by molar-refractivity contribution is 0.525. The van der Waals surface area contributed by atoms with Gasteiger partial charge in [-0.25, -0.2) is 0 Å².